The highest BCUT2D eigenvalue weighted by molar-refractivity contribution is 5.33. The van der Waals surface area contributed by atoms with Crippen molar-refractivity contribution in [2.24, 2.45) is 5.92 Å². The third-order valence-corrected chi connectivity index (χ3v) is 3.84. The fourth-order valence-electron chi connectivity index (χ4n) is 2.71. The molecule has 21 heavy (non-hydrogen) atoms. The molecule has 3 heteroatoms. The van der Waals surface area contributed by atoms with Crippen molar-refractivity contribution in [1.82, 2.24) is 5.32 Å². The summed E-state index contributed by atoms with van der Waals surface area (Å²) in [6.07, 6.45) is 5.54. The van der Waals surface area contributed by atoms with Crippen LogP contribution in [0.3, 0.4) is 0 Å². The lowest BCUT2D eigenvalue weighted by molar-refractivity contribution is 0.0380. The molecule has 1 aliphatic carbocycles. The summed E-state index contributed by atoms with van der Waals surface area (Å²) >= 11 is 0. The van der Waals surface area contributed by atoms with Crippen LogP contribution in [0.15, 0.2) is 24.3 Å². The van der Waals surface area contributed by atoms with Gasteiger partial charge in [0.15, 0.2) is 0 Å². The molecule has 0 bridgehead atoms. The normalized spacial score (nSPS) is 15.8. The Morgan fingerprint density at radius 3 is 2.67 bits per heavy atom. The van der Waals surface area contributed by atoms with Crippen LogP contribution in [0.25, 0.3) is 0 Å². The van der Waals surface area contributed by atoms with Gasteiger partial charge in [0.25, 0.3) is 0 Å². The van der Waals surface area contributed by atoms with E-state index in [0.717, 1.165) is 18.8 Å². The number of rotatable bonds is 9. The third-order valence-electron chi connectivity index (χ3n) is 3.84. The largest absolute Gasteiger partial charge is 0.491 e. The average molecular weight is 291 g/mol. The number of ether oxygens (including phenoxy) is 2. The number of para-hydroxylation sites is 1. The predicted molar refractivity (Wildman–Crippen MR) is 86.7 cm³/mol. The summed E-state index contributed by atoms with van der Waals surface area (Å²) in [5.74, 6) is 1.64. The number of benzene rings is 1. The molecule has 0 saturated heterocycles. The molecule has 0 atom stereocenters. The molecule has 118 valence electrons. The Morgan fingerprint density at radius 1 is 1.14 bits per heavy atom. The Balaban J connectivity index is 1.71. The first-order valence-electron chi connectivity index (χ1n) is 8.28. The molecule has 1 aromatic carbocycles. The van der Waals surface area contributed by atoms with E-state index in [9.17, 15) is 0 Å². The van der Waals surface area contributed by atoms with Gasteiger partial charge in [0, 0.05) is 12.1 Å². The molecule has 3 nitrogen and oxygen atoms in total. The number of nitrogens with one attached hydrogen (secondary N) is 1. The fourth-order valence-corrected chi connectivity index (χ4v) is 2.71. The molecule has 2 rings (SSSR count). The van der Waals surface area contributed by atoms with Crippen molar-refractivity contribution in [1.29, 1.82) is 0 Å². The second-order valence-corrected chi connectivity index (χ2v) is 6.26. The molecule has 1 aliphatic rings. The third kappa shape index (κ3) is 6.06. The lowest BCUT2D eigenvalue weighted by Crippen LogP contribution is -2.20. The first-order chi connectivity index (χ1) is 10.3. The maximum atomic E-state index is 5.89. The molecular weight excluding hydrogens is 262 g/mol. The summed E-state index contributed by atoms with van der Waals surface area (Å²) in [6.45, 7) is 7.65. The van der Waals surface area contributed by atoms with Gasteiger partial charge in [0.05, 0.1) is 12.7 Å². The van der Waals surface area contributed by atoms with Crippen molar-refractivity contribution in [2.75, 3.05) is 19.8 Å². The van der Waals surface area contributed by atoms with Gasteiger partial charge in [0.2, 0.25) is 0 Å². The summed E-state index contributed by atoms with van der Waals surface area (Å²) in [5.41, 5.74) is 1.22. The van der Waals surface area contributed by atoms with Gasteiger partial charge >= 0.3 is 0 Å². The van der Waals surface area contributed by atoms with Crippen LogP contribution in [0.5, 0.6) is 5.75 Å². The Morgan fingerprint density at radius 2 is 1.90 bits per heavy atom. The van der Waals surface area contributed by atoms with Crippen LogP contribution in [0, 0.1) is 5.92 Å². The van der Waals surface area contributed by atoms with Crippen LogP contribution >= 0.6 is 0 Å². The topological polar surface area (TPSA) is 30.5 Å². The SMILES string of the molecule is CC(C)CNCc1ccccc1OCCOC1CCCC1. The molecule has 0 aliphatic heterocycles. The summed E-state index contributed by atoms with van der Waals surface area (Å²) in [5, 5.41) is 3.47. The van der Waals surface area contributed by atoms with Gasteiger partial charge in [0.1, 0.15) is 12.4 Å². The number of hydrogen-bond donors (Lipinski definition) is 1. The molecule has 0 unspecified atom stereocenters. The predicted octanol–water partition coefficient (Wildman–Crippen LogP) is 3.77. The molecule has 0 heterocycles. The van der Waals surface area contributed by atoms with Crippen LogP contribution in [0.4, 0.5) is 0 Å². The van der Waals surface area contributed by atoms with Gasteiger partial charge in [-0.05, 0) is 31.4 Å². The fraction of sp³-hybridized carbons (Fsp3) is 0.667. The highest BCUT2D eigenvalue weighted by Gasteiger charge is 2.14. The van der Waals surface area contributed by atoms with Crippen LogP contribution in [-0.4, -0.2) is 25.9 Å². The zero-order valence-electron chi connectivity index (χ0n) is 13.4. The maximum absolute atomic E-state index is 5.89. The molecule has 0 spiro atoms. The van der Waals surface area contributed by atoms with E-state index >= 15 is 0 Å². The smallest absolute Gasteiger partial charge is 0.123 e. The van der Waals surface area contributed by atoms with Crippen LogP contribution < -0.4 is 10.1 Å². The minimum Gasteiger partial charge on any atom is -0.491 e. The average Bonchev–Trinajstić information content (AvgIpc) is 2.98. The van der Waals surface area contributed by atoms with Crippen molar-refractivity contribution in [2.45, 2.75) is 52.2 Å². The van der Waals surface area contributed by atoms with Gasteiger partial charge in [-0.1, -0.05) is 44.9 Å². The zero-order valence-corrected chi connectivity index (χ0v) is 13.4. The van der Waals surface area contributed by atoms with E-state index in [1.807, 2.05) is 12.1 Å². The van der Waals surface area contributed by atoms with Gasteiger partial charge in [-0.25, -0.2) is 0 Å². The molecule has 1 aromatic rings. The lowest BCUT2D eigenvalue weighted by atomic mass is 10.2. The van der Waals surface area contributed by atoms with E-state index in [4.69, 9.17) is 9.47 Å². The standard InChI is InChI=1S/C18H29NO2/c1-15(2)13-19-14-16-7-3-6-10-18(16)21-12-11-20-17-8-4-5-9-17/h3,6-7,10,15,17,19H,4-5,8-9,11-14H2,1-2H3. The first kappa shape index (κ1) is 16.3. The van der Waals surface area contributed by atoms with E-state index in [1.165, 1.54) is 31.2 Å². The molecule has 0 radical (unpaired) electrons. The monoisotopic (exact) mass is 291 g/mol. The van der Waals surface area contributed by atoms with Crippen LogP contribution in [-0.2, 0) is 11.3 Å². The highest BCUT2D eigenvalue weighted by atomic mass is 16.5. The molecule has 0 amide bonds. The summed E-state index contributed by atoms with van der Waals surface area (Å²) in [4.78, 5) is 0. The highest BCUT2D eigenvalue weighted by Crippen LogP contribution is 2.21. The Kier molecular flexibility index (Phi) is 7.04. The second kappa shape index (κ2) is 9.06. The van der Waals surface area contributed by atoms with Crippen molar-refractivity contribution in [3.63, 3.8) is 0 Å². The van der Waals surface area contributed by atoms with E-state index in [2.05, 4.69) is 31.3 Å². The van der Waals surface area contributed by atoms with Crippen LogP contribution in [0.2, 0.25) is 0 Å². The summed E-state index contributed by atoms with van der Waals surface area (Å²) in [6, 6.07) is 8.26. The van der Waals surface area contributed by atoms with Crippen LogP contribution in [0.1, 0.15) is 45.1 Å². The Bertz CT molecular complexity index is 400. The Hall–Kier alpha value is -1.06. The van der Waals surface area contributed by atoms with E-state index < -0.39 is 0 Å². The first-order valence-corrected chi connectivity index (χ1v) is 8.28. The quantitative estimate of drug-likeness (QED) is 0.703. The Labute approximate surface area is 129 Å². The van der Waals surface area contributed by atoms with Crippen molar-refractivity contribution in [3.8, 4) is 5.75 Å². The molecule has 1 N–H and O–H groups in total. The summed E-state index contributed by atoms with van der Waals surface area (Å²) < 4.78 is 11.7. The van der Waals surface area contributed by atoms with Gasteiger partial charge in [-0.3, -0.25) is 0 Å². The van der Waals surface area contributed by atoms with E-state index in [-0.39, 0.29) is 0 Å². The molecule has 0 aromatic heterocycles. The minimum absolute atomic E-state index is 0.469. The zero-order chi connectivity index (χ0) is 14.9. The maximum Gasteiger partial charge on any atom is 0.123 e. The molecular formula is C18H29NO2. The van der Waals surface area contributed by atoms with E-state index in [1.54, 1.807) is 0 Å². The van der Waals surface area contributed by atoms with Crippen molar-refractivity contribution in [3.05, 3.63) is 29.8 Å². The molecule has 1 saturated carbocycles. The van der Waals surface area contributed by atoms with Crippen molar-refractivity contribution >= 4 is 0 Å². The number of hydrogen-bond acceptors (Lipinski definition) is 3. The van der Waals surface area contributed by atoms with Crippen molar-refractivity contribution < 1.29 is 9.47 Å². The minimum atomic E-state index is 0.469. The van der Waals surface area contributed by atoms with Gasteiger partial charge in [-0.2, -0.15) is 0 Å². The second-order valence-electron chi connectivity index (χ2n) is 6.26. The van der Waals surface area contributed by atoms with Gasteiger partial charge in [-0.15, -0.1) is 0 Å². The molecule has 1 fully saturated rings. The van der Waals surface area contributed by atoms with Gasteiger partial charge < -0.3 is 14.8 Å². The van der Waals surface area contributed by atoms with E-state index in [0.29, 0.717) is 25.2 Å². The lowest BCUT2D eigenvalue weighted by Gasteiger charge is -2.15. The summed E-state index contributed by atoms with van der Waals surface area (Å²) in [7, 11) is 0.